The van der Waals surface area contributed by atoms with E-state index in [1.165, 1.54) is 0 Å². The van der Waals surface area contributed by atoms with Crippen LogP contribution in [0.1, 0.15) is 66.8 Å². The Bertz CT molecular complexity index is 4450. The van der Waals surface area contributed by atoms with Crippen molar-refractivity contribution >= 4 is 0 Å². The first kappa shape index (κ1) is 47.3. The molecule has 12 aromatic rings. The largest absolute Gasteiger partial charge is 0.457 e. The summed E-state index contributed by atoms with van der Waals surface area (Å²) in [4.78, 5) is 0. The van der Waals surface area contributed by atoms with E-state index in [1.54, 1.807) is 0 Å². The Balaban J connectivity index is 0.698. The molecule has 0 bridgehead atoms. The minimum Gasteiger partial charge on any atom is -0.457 e. The van der Waals surface area contributed by atoms with Gasteiger partial charge in [0, 0.05) is 33.4 Å². The van der Waals surface area contributed by atoms with Gasteiger partial charge in [-0.3, -0.25) is 0 Å². The van der Waals surface area contributed by atoms with Crippen LogP contribution in [0, 0.1) is 0 Å². The van der Waals surface area contributed by atoms with E-state index in [-0.39, 0.29) is 0 Å². The smallest absolute Gasteiger partial charge is 0.141 e. The van der Waals surface area contributed by atoms with Crippen molar-refractivity contribution in [2.24, 2.45) is 5.73 Å². The van der Waals surface area contributed by atoms with Crippen molar-refractivity contribution in [1.29, 1.82) is 0 Å². The molecule has 0 spiro atoms. The molecule has 5 heteroatoms. The van der Waals surface area contributed by atoms with Crippen LogP contribution >= 0.6 is 0 Å². The lowest BCUT2D eigenvalue weighted by atomic mass is 9.80. The van der Waals surface area contributed by atoms with E-state index in [2.05, 4.69) is 127 Å². The first-order valence-electron chi connectivity index (χ1n) is 27.6. The van der Waals surface area contributed by atoms with Gasteiger partial charge < -0.3 is 25.8 Å². The van der Waals surface area contributed by atoms with Crippen molar-refractivity contribution in [3.05, 3.63) is 346 Å². The Kier molecular flexibility index (Phi) is 10.2. The Morgan fingerprint density at radius 2 is 0.494 bits per heavy atom. The maximum atomic E-state index is 13.3. The highest BCUT2D eigenvalue weighted by Gasteiger charge is 2.47. The fraction of sp³-hybridized carbons (Fsp3) is 0.0526. The average Bonchev–Trinajstić information content (AvgIpc) is 3.72. The Morgan fingerprint density at radius 1 is 0.235 bits per heavy atom. The number of nitrogens with two attached hydrogens (primary N) is 1. The fourth-order valence-electron chi connectivity index (χ4n) is 14.1. The molecule has 0 radical (unpaired) electrons. The highest BCUT2D eigenvalue weighted by Crippen LogP contribution is 2.56. The van der Waals surface area contributed by atoms with Crippen molar-refractivity contribution < 1.29 is 20.1 Å². The summed E-state index contributed by atoms with van der Waals surface area (Å²) >= 11 is 0. The molecule has 0 saturated heterocycles. The molecule has 4 aliphatic rings. The topological polar surface area (TPSA) is 95.9 Å². The van der Waals surface area contributed by atoms with Gasteiger partial charge in [0.25, 0.3) is 0 Å². The minimum absolute atomic E-state index is 0.622. The Labute approximate surface area is 469 Å². The molecule has 5 N–H and O–H groups in total. The molecule has 384 valence electrons. The maximum absolute atomic E-state index is 13.3. The molecule has 81 heavy (non-hydrogen) atoms. The summed E-state index contributed by atoms with van der Waals surface area (Å²) in [5.74, 6) is 1.25. The van der Waals surface area contributed by atoms with Gasteiger partial charge in [-0.2, -0.15) is 0 Å². The number of fused-ring (bicyclic) bond motifs is 12. The van der Waals surface area contributed by atoms with Crippen molar-refractivity contribution in [1.82, 2.24) is 0 Å². The number of rotatable bonds is 8. The molecule has 16 rings (SSSR count). The second-order valence-electron chi connectivity index (χ2n) is 22.0. The first-order chi connectivity index (χ1) is 39.6. The summed E-state index contributed by atoms with van der Waals surface area (Å²) in [6.45, 7) is 0. The zero-order valence-electron chi connectivity index (χ0n) is 43.9. The molecule has 2 unspecified atom stereocenters. The standard InChI is InChI=1S/C76H51NO4/c77-73(51-31-25-47(26-32-51)48-27-33-52(34-28-48)74(78)66-20-8-2-14-58(66)59-15-3-9-21-67(59)74)65-19-7-1-13-57(65)63-43-29-49(45-71(63)73)50-30-44-64-62-18-6-12-24-70(62)76(80,72(64)46-50)54-37-41-56(42-38-54)81-55-39-35-53(36-40-55)75(79)68-22-10-4-16-60(68)61-17-5-11-23-69(61)75/h1-46,78-80H,77H2. The SMILES string of the molecule is NC1(c2ccc(-c3ccc(C4(O)c5ccccc5-c5ccccc54)cc3)cc2)c2ccccc2-c2ccc(-c3ccc4c(c3)C(O)(c3ccc(Oc5ccc(C6(O)c7ccccc7-c7ccccc76)cc5)cc3)c3ccccc3-4)cc21. The second-order valence-corrected chi connectivity index (χ2v) is 22.0. The highest BCUT2D eigenvalue weighted by atomic mass is 16.5. The van der Waals surface area contributed by atoms with Gasteiger partial charge >= 0.3 is 0 Å². The Morgan fingerprint density at radius 3 is 0.877 bits per heavy atom. The Hall–Kier alpha value is -9.72. The molecule has 12 aromatic carbocycles. The number of hydrogen-bond acceptors (Lipinski definition) is 5. The van der Waals surface area contributed by atoms with Crippen LogP contribution in [0.25, 0.3) is 66.8 Å². The molecule has 0 heterocycles. The van der Waals surface area contributed by atoms with Crippen molar-refractivity contribution in [3.63, 3.8) is 0 Å². The van der Waals surface area contributed by atoms with Gasteiger partial charge in [-0.15, -0.1) is 0 Å². The zero-order chi connectivity index (χ0) is 54.2. The number of hydrogen-bond donors (Lipinski definition) is 4. The third-order valence-corrected chi connectivity index (χ3v) is 18.0. The summed E-state index contributed by atoms with van der Waals surface area (Å²) in [6, 6.07) is 94.2. The van der Waals surface area contributed by atoms with Gasteiger partial charge in [-0.05, 0) is 137 Å². The molecule has 2 atom stereocenters. The van der Waals surface area contributed by atoms with E-state index in [4.69, 9.17) is 10.5 Å². The van der Waals surface area contributed by atoms with Crippen molar-refractivity contribution in [2.45, 2.75) is 22.3 Å². The van der Waals surface area contributed by atoms with Crippen LogP contribution in [-0.2, 0) is 22.3 Å². The number of benzene rings is 12. The lowest BCUT2D eigenvalue weighted by Crippen LogP contribution is -2.37. The third-order valence-electron chi connectivity index (χ3n) is 18.0. The minimum atomic E-state index is -1.45. The molecule has 0 aliphatic heterocycles. The van der Waals surface area contributed by atoms with Crippen molar-refractivity contribution in [3.8, 4) is 78.3 Å². The summed E-state index contributed by atoms with van der Waals surface area (Å²) in [5.41, 5.74) is 25.8. The van der Waals surface area contributed by atoms with Gasteiger partial charge in [0.15, 0.2) is 0 Å². The fourth-order valence-corrected chi connectivity index (χ4v) is 14.1. The van der Waals surface area contributed by atoms with Gasteiger partial charge in [-0.1, -0.05) is 243 Å². The van der Waals surface area contributed by atoms with E-state index < -0.39 is 22.3 Å². The summed E-state index contributed by atoms with van der Waals surface area (Å²) < 4.78 is 6.43. The van der Waals surface area contributed by atoms with Gasteiger partial charge in [0.05, 0.1) is 5.54 Å². The number of aliphatic hydroxyl groups is 3. The molecule has 0 fully saturated rings. The van der Waals surface area contributed by atoms with Crippen LogP contribution in [0.15, 0.2) is 279 Å². The third kappa shape index (κ3) is 6.63. The van der Waals surface area contributed by atoms with Gasteiger partial charge in [0.2, 0.25) is 0 Å². The summed E-state index contributed by atoms with van der Waals surface area (Å²) in [6.07, 6.45) is 0. The highest BCUT2D eigenvalue weighted by molar-refractivity contribution is 5.89. The molecular formula is C76H51NO4. The monoisotopic (exact) mass is 1040 g/mol. The lowest BCUT2D eigenvalue weighted by Gasteiger charge is -2.29. The number of ether oxygens (including phenoxy) is 1. The molecule has 0 saturated carbocycles. The van der Waals surface area contributed by atoms with E-state index >= 15 is 0 Å². The molecule has 0 amide bonds. The maximum Gasteiger partial charge on any atom is 0.141 e. The molecular weight excluding hydrogens is 991 g/mol. The molecule has 5 nitrogen and oxygen atoms in total. The van der Waals surface area contributed by atoms with E-state index in [0.717, 1.165) is 134 Å². The first-order valence-corrected chi connectivity index (χ1v) is 27.6. The van der Waals surface area contributed by atoms with E-state index in [9.17, 15) is 15.3 Å². The van der Waals surface area contributed by atoms with Crippen LogP contribution in [-0.4, -0.2) is 15.3 Å². The van der Waals surface area contributed by atoms with Crippen LogP contribution in [0.2, 0.25) is 0 Å². The second kappa shape index (κ2) is 17.4. The lowest BCUT2D eigenvalue weighted by molar-refractivity contribution is 0.130. The molecule has 0 aromatic heterocycles. The summed E-state index contributed by atoms with van der Waals surface area (Å²) in [5, 5.41) is 38.2. The zero-order valence-corrected chi connectivity index (χ0v) is 43.9. The molecule has 4 aliphatic carbocycles. The van der Waals surface area contributed by atoms with Crippen LogP contribution in [0.5, 0.6) is 11.5 Å². The van der Waals surface area contributed by atoms with Gasteiger partial charge in [-0.25, -0.2) is 0 Å². The quantitative estimate of drug-likeness (QED) is 0.122. The predicted octanol–water partition coefficient (Wildman–Crippen LogP) is 15.8. The average molecular weight is 1040 g/mol. The van der Waals surface area contributed by atoms with Crippen molar-refractivity contribution in [2.75, 3.05) is 0 Å². The van der Waals surface area contributed by atoms with Crippen LogP contribution in [0.3, 0.4) is 0 Å². The van der Waals surface area contributed by atoms with Crippen LogP contribution in [0.4, 0.5) is 0 Å². The van der Waals surface area contributed by atoms with Gasteiger partial charge in [0.1, 0.15) is 28.3 Å². The normalized spacial score (nSPS) is 17.7. The van der Waals surface area contributed by atoms with E-state index in [0.29, 0.717) is 11.5 Å². The van der Waals surface area contributed by atoms with E-state index in [1.807, 2.05) is 152 Å². The summed E-state index contributed by atoms with van der Waals surface area (Å²) in [7, 11) is 0. The predicted molar refractivity (Wildman–Crippen MR) is 322 cm³/mol. The van der Waals surface area contributed by atoms with Crippen LogP contribution < -0.4 is 10.5 Å².